The van der Waals surface area contributed by atoms with Gasteiger partial charge >= 0.3 is 6.36 Å². The zero-order chi connectivity index (χ0) is 19.7. The van der Waals surface area contributed by atoms with Crippen molar-refractivity contribution in [3.63, 3.8) is 0 Å². The SMILES string of the molecule is CC(C)(C)c1nc(CSc2nnnn2-c2ccc(OC(F)(F)F)cc2)no1. The van der Waals surface area contributed by atoms with E-state index in [-0.39, 0.29) is 11.2 Å². The molecular weight excluding hydrogens is 385 g/mol. The minimum absolute atomic E-state index is 0.252. The molecule has 1 aromatic carbocycles. The topological polar surface area (TPSA) is 91.8 Å². The van der Waals surface area contributed by atoms with Gasteiger partial charge in [-0.25, -0.2) is 0 Å². The highest BCUT2D eigenvalue weighted by Gasteiger charge is 2.31. The Kier molecular flexibility index (Phi) is 5.09. The number of benzene rings is 1. The van der Waals surface area contributed by atoms with E-state index in [9.17, 15) is 13.2 Å². The molecule has 2 aromatic heterocycles. The predicted octanol–water partition coefficient (Wildman–Crippen LogP) is 3.53. The van der Waals surface area contributed by atoms with Crippen LogP contribution in [0.4, 0.5) is 13.2 Å². The summed E-state index contributed by atoms with van der Waals surface area (Å²) in [4.78, 5) is 4.33. The molecular formula is C15H15F3N6O2S. The average Bonchev–Trinajstić information content (AvgIpc) is 3.21. The Bertz CT molecular complexity index is 901. The highest BCUT2D eigenvalue weighted by molar-refractivity contribution is 7.98. The lowest BCUT2D eigenvalue weighted by Crippen LogP contribution is -2.17. The molecule has 0 aliphatic rings. The highest BCUT2D eigenvalue weighted by atomic mass is 32.2. The van der Waals surface area contributed by atoms with Crippen molar-refractivity contribution < 1.29 is 22.4 Å². The van der Waals surface area contributed by atoms with E-state index < -0.39 is 6.36 Å². The van der Waals surface area contributed by atoms with Crippen LogP contribution in [0.25, 0.3) is 5.69 Å². The van der Waals surface area contributed by atoms with Gasteiger partial charge in [0.05, 0.1) is 11.4 Å². The summed E-state index contributed by atoms with van der Waals surface area (Å²) in [5, 5.41) is 15.7. The van der Waals surface area contributed by atoms with E-state index >= 15 is 0 Å². The van der Waals surface area contributed by atoms with Crippen LogP contribution in [0.3, 0.4) is 0 Å². The van der Waals surface area contributed by atoms with E-state index in [1.54, 1.807) is 0 Å². The number of nitrogens with zero attached hydrogens (tertiary/aromatic N) is 6. The summed E-state index contributed by atoms with van der Waals surface area (Å²) in [5.41, 5.74) is 0.234. The molecule has 144 valence electrons. The predicted molar refractivity (Wildman–Crippen MR) is 88.4 cm³/mol. The number of hydrogen-bond donors (Lipinski definition) is 0. The molecule has 0 atom stereocenters. The number of tetrazole rings is 1. The molecule has 0 spiro atoms. The standard InChI is InChI=1S/C15H15F3N6O2S/c1-14(2,3)12-19-11(21-26-12)8-27-13-20-22-23-24(13)9-4-6-10(7-5-9)25-15(16,17)18/h4-7H,8H2,1-3H3. The van der Waals surface area contributed by atoms with Crippen LogP contribution in [-0.2, 0) is 11.2 Å². The molecule has 2 heterocycles. The lowest BCUT2D eigenvalue weighted by molar-refractivity contribution is -0.274. The molecule has 0 radical (unpaired) electrons. The van der Waals surface area contributed by atoms with Gasteiger partial charge in [-0.05, 0) is 34.7 Å². The Labute approximate surface area is 156 Å². The molecule has 0 unspecified atom stereocenters. The van der Waals surface area contributed by atoms with Crippen molar-refractivity contribution in [1.82, 2.24) is 30.3 Å². The van der Waals surface area contributed by atoms with Gasteiger partial charge < -0.3 is 9.26 Å². The van der Waals surface area contributed by atoms with Crippen molar-refractivity contribution in [1.29, 1.82) is 0 Å². The number of alkyl halides is 3. The fourth-order valence-electron chi connectivity index (χ4n) is 1.97. The van der Waals surface area contributed by atoms with Gasteiger partial charge in [-0.2, -0.15) is 9.67 Å². The van der Waals surface area contributed by atoms with E-state index in [2.05, 4.69) is 30.4 Å². The van der Waals surface area contributed by atoms with Crippen molar-refractivity contribution in [3.05, 3.63) is 36.0 Å². The summed E-state index contributed by atoms with van der Waals surface area (Å²) in [6.07, 6.45) is -4.74. The Morgan fingerprint density at radius 2 is 1.85 bits per heavy atom. The van der Waals surface area contributed by atoms with Gasteiger partial charge in [-0.15, -0.1) is 18.3 Å². The Morgan fingerprint density at radius 3 is 2.44 bits per heavy atom. The van der Waals surface area contributed by atoms with Crippen molar-refractivity contribution >= 4 is 11.8 Å². The first kappa shape index (κ1) is 19.1. The van der Waals surface area contributed by atoms with Gasteiger partial charge in [0.2, 0.25) is 11.0 Å². The maximum atomic E-state index is 12.2. The minimum Gasteiger partial charge on any atom is -0.406 e. The van der Waals surface area contributed by atoms with Crippen LogP contribution >= 0.6 is 11.8 Å². The van der Waals surface area contributed by atoms with Gasteiger partial charge in [0.1, 0.15) is 5.75 Å². The van der Waals surface area contributed by atoms with E-state index in [0.29, 0.717) is 28.3 Å². The first-order valence-corrected chi connectivity index (χ1v) is 8.71. The molecule has 12 heteroatoms. The van der Waals surface area contributed by atoms with Crippen LogP contribution in [0.5, 0.6) is 5.75 Å². The molecule has 27 heavy (non-hydrogen) atoms. The third kappa shape index (κ3) is 4.96. The van der Waals surface area contributed by atoms with Crippen molar-refractivity contribution in [3.8, 4) is 11.4 Å². The fraction of sp³-hybridized carbons (Fsp3) is 0.400. The van der Waals surface area contributed by atoms with Gasteiger partial charge in [0.15, 0.2) is 5.82 Å². The first-order chi connectivity index (χ1) is 12.6. The van der Waals surface area contributed by atoms with E-state index in [1.165, 1.54) is 40.7 Å². The largest absolute Gasteiger partial charge is 0.573 e. The molecule has 0 aliphatic heterocycles. The van der Waals surface area contributed by atoms with Gasteiger partial charge in [-0.3, -0.25) is 0 Å². The van der Waals surface area contributed by atoms with Gasteiger partial charge in [0, 0.05) is 5.41 Å². The lowest BCUT2D eigenvalue weighted by atomic mass is 9.97. The van der Waals surface area contributed by atoms with E-state index in [0.717, 1.165) is 0 Å². The van der Waals surface area contributed by atoms with Crippen molar-refractivity contribution in [2.45, 2.75) is 43.5 Å². The van der Waals surface area contributed by atoms with Crippen LogP contribution in [0, 0.1) is 0 Å². The summed E-state index contributed by atoms with van der Waals surface area (Å²) in [6.45, 7) is 5.89. The van der Waals surface area contributed by atoms with Crippen LogP contribution in [0.2, 0.25) is 0 Å². The lowest BCUT2D eigenvalue weighted by Gasteiger charge is -2.10. The molecule has 0 amide bonds. The Balaban J connectivity index is 1.70. The van der Waals surface area contributed by atoms with Crippen LogP contribution in [0.1, 0.15) is 32.5 Å². The van der Waals surface area contributed by atoms with Gasteiger partial charge in [-0.1, -0.05) is 37.7 Å². The Hall–Kier alpha value is -2.63. The summed E-state index contributed by atoms with van der Waals surface area (Å²) in [6, 6.07) is 5.22. The molecule has 0 bridgehead atoms. The first-order valence-electron chi connectivity index (χ1n) is 7.72. The monoisotopic (exact) mass is 400 g/mol. The summed E-state index contributed by atoms with van der Waals surface area (Å²) < 4.78 is 47.2. The summed E-state index contributed by atoms with van der Waals surface area (Å²) >= 11 is 1.27. The second-order valence-corrected chi connectivity index (χ2v) is 7.41. The molecule has 3 aromatic rings. The van der Waals surface area contributed by atoms with E-state index in [4.69, 9.17) is 4.52 Å². The van der Waals surface area contributed by atoms with E-state index in [1.807, 2.05) is 20.8 Å². The smallest absolute Gasteiger partial charge is 0.406 e. The minimum atomic E-state index is -4.74. The molecule has 0 saturated heterocycles. The van der Waals surface area contributed by atoms with Crippen LogP contribution < -0.4 is 4.74 Å². The number of halogens is 3. The molecule has 0 N–H and O–H groups in total. The molecule has 0 fully saturated rings. The third-order valence-electron chi connectivity index (χ3n) is 3.20. The van der Waals surface area contributed by atoms with Gasteiger partial charge in [0.25, 0.3) is 0 Å². The quantitative estimate of drug-likeness (QED) is 0.601. The number of rotatable bonds is 5. The van der Waals surface area contributed by atoms with Crippen molar-refractivity contribution in [2.24, 2.45) is 0 Å². The maximum absolute atomic E-state index is 12.2. The number of thioether (sulfide) groups is 1. The third-order valence-corrected chi connectivity index (χ3v) is 4.11. The second-order valence-electron chi connectivity index (χ2n) is 6.47. The second kappa shape index (κ2) is 7.18. The highest BCUT2D eigenvalue weighted by Crippen LogP contribution is 2.26. The number of aromatic nitrogens is 6. The zero-order valence-electron chi connectivity index (χ0n) is 14.6. The number of ether oxygens (including phenoxy) is 1. The summed E-state index contributed by atoms with van der Waals surface area (Å²) in [7, 11) is 0. The van der Waals surface area contributed by atoms with Crippen LogP contribution in [0.15, 0.2) is 33.9 Å². The zero-order valence-corrected chi connectivity index (χ0v) is 15.4. The molecule has 8 nitrogen and oxygen atoms in total. The van der Waals surface area contributed by atoms with Crippen molar-refractivity contribution in [2.75, 3.05) is 0 Å². The average molecular weight is 400 g/mol. The molecule has 0 aliphatic carbocycles. The number of hydrogen-bond acceptors (Lipinski definition) is 8. The molecule has 0 saturated carbocycles. The van der Waals surface area contributed by atoms with Crippen LogP contribution in [-0.4, -0.2) is 36.7 Å². The normalized spacial score (nSPS) is 12.4. The Morgan fingerprint density at radius 1 is 1.15 bits per heavy atom. The summed E-state index contributed by atoms with van der Waals surface area (Å²) in [5.74, 6) is 1.07. The molecule has 3 rings (SSSR count). The fourth-order valence-corrected chi connectivity index (χ4v) is 2.70. The maximum Gasteiger partial charge on any atom is 0.573 e.